The fraction of sp³-hybridized carbons (Fsp3) is 0.933. The predicted octanol–water partition coefficient (Wildman–Crippen LogP) is 1.51. The van der Waals surface area contributed by atoms with E-state index in [1.165, 1.54) is 6.42 Å². The van der Waals surface area contributed by atoms with Crippen LogP contribution < -0.4 is 5.73 Å². The maximum atomic E-state index is 12.7. The summed E-state index contributed by atoms with van der Waals surface area (Å²) >= 11 is 0. The molecule has 19 heavy (non-hydrogen) atoms. The van der Waals surface area contributed by atoms with Gasteiger partial charge >= 0.3 is 0 Å². The Labute approximate surface area is 116 Å². The highest BCUT2D eigenvalue weighted by atomic mass is 16.3. The molecule has 0 aromatic heterocycles. The molecule has 0 radical (unpaired) electrons. The first-order valence-corrected chi connectivity index (χ1v) is 7.78. The van der Waals surface area contributed by atoms with Crippen LogP contribution in [0.3, 0.4) is 0 Å². The van der Waals surface area contributed by atoms with Crippen LogP contribution in [0.15, 0.2) is 0 Å². The first kappa shape index (κ1) is 14.8. The molecular formula is C15H28N2O2. The second-order valence-electron chi connectivity index (χ2n) is 6.46. The third kappa shape index (κ3) is 3.69. The minimum Gasteiger partial charge on any atom is -0.396 e. The van der Waals surface area contributed by atoms with Gasteiger partial charge in [0.15, 0.2) is 0 Å². The Morgan fingerprint density at radius 2 is 2.05 bits per heavy atom. The number of aliphatic hydroxyl groups is 1. The summed E-state index contributed by atoms with van der Waals surface area (Å²) in [6.45, 7) is 3.07. The summed E-state index contributed by atoms with van der Waals surface area (Å²) in [6, 6.07) is 0.603. The van der Waals surface area contributed by atoms with Gasteiger partial charge in [-0.15, -0.1) is 0 Å². The molecule has 0 aliphatic heterocycles. The van der Waals surface area contributed by atoms with Gasteiger partial charge in [0.2, 0.25) is 5.91 Å². The van der Waals surface area contributed by atoms with E-state index < -0.39 is 0 Å². The van der Waals surface area contributed by atoms with Gasteiger partial charge in [0.25, 0.3) is 0 Å². The van der Waals surface area contributed by atoms with Gasteiger partial charge in [-0.1, -0.05) is 6.92 Å². The number of carbonyl (C=O) groups excluding carboxylic acids is 1. The summed E-state index contributed by atoms with van der Waals surface area (Å²) in [5, 5.41) is 9.01. The Bertz CT molecular complexity index is 295. The lowest BCUT2D eigenvalue weighted by Crippen LogP contribution is -2.49. The molecule has 110 valence electrons. The highest BCUT2D eigenvalue weighted by Crippen LogP contribution is 2.32. The third-order valence-corrected chi connectivity index (χ3v) is 4.68. The lowest BCUT2D eigenvalue weighted by Gasteiger charge is -2.41. The van der Waals surface area contributed by atoms with Gasteiger partial charge in [-0.2, -0.15) is 0 Å². The molecule has 4 nitrogen and oxygen atoms in total. The first-order valence-electron chi connectivity index (χ1n) is 7.78. The summed E-state index contributed by atoms with van der Waals surface area (Å²) in [5.41, 5.74) is 6.07. The van der Waals surface area contributed by atoms with E-state index >= 15 is 0 Å². The van der Waals surface area contributed by atoms with Crippen molar-refractivity contribution in [2.24, 2.45) is 17.6 Å². The molecule has 2 fully saturated rings. The fourth-order valence-corrected chi connectivity index (χ4v) is 3.50. The molecule has 0 bridgehead atoms. The number of carbonyl (C=O) groups is 1. The van der Waals surface area contributed by atoms with Crippen molar-refractivity contribution in [3.63, 3.8) is 0 Å². The zero-order chi connectivity index (χ0) is 13.8. The Kier molecular flexibility index (Phi) is 5.22. The maximum Gasteiger partial charge on any atom is 0.226 e. The molecule has 3 unspecified atom stereocenters. The summed E-state index contributed by atoms with van der Waals surface area (Å²) in [5.74, 6) is 0.956. The number of nitrogens with zero attached hydrogens (tertiary/aromatic N) is 1. The van der Waals surface area contributed by atoms with Crippen molar-refractivity contribution in [1.82, 2.24) is 4.90 Å². The molecular weight excluding hydrogens is 240 g/mol. The van der Waals surface area contributed by atoms with Crippen LogP contribution in [0.2, 0.25) is 0 Å². The van der Waals surface area contributed by atoms with Crippen molar-refractivity contribution in [3.8, 4) is 0 Å². The zero-order valence-electron chi connectivity index (χ0n) is 12.1. The van der Waals surface area contributed by atoms with Crippen molar-refractivity contribution in [1.29, 1.82) is 0 Å². The highest BCUT2D eigenvalue weighted by Gasteiger charge is 2.35. The van der Waals surface area contributed by atoms with E-state index in [1.54, 1.807) is 0 Å². The van der Waals surface area contributed by atoms with Crippen LogP contribution in [0, 0.1) is 11.8 Å². The van der Waals surface area contributed by atoms with Gasteiger partial charge in [-0.25, -0.2) is 0 Å². The molecule has 0 aromatic rings. The van der Waals surface area contributed by atoms with Gasteiger partial charge in [-0.3, -0.25) is 4.79 Å². The predicted molar refractivity (Wildman–Crippen MR) is 75.5 cm³/mol. The molecule has 0 heterocycles. The number of hydrogen-bond acceptors (Lipinski definition) is 3. The second kappa shape index (κ2) is 6.71. The molecule has 2 aliphatic rings. The first-order chi connectivity index (χ1) is 9.11. The van der Waals surface area contributed by atoms with Crippen LogP contribution in [0.5, 0.6) is 0 Å². The number of hydrogen-bond donors (Lipinski definition) is 2. The SMILES string of the molecule is CC1CC(N)CC(C(=O)N(CCCO)C2CCC2)C1. The van der Waals surface area contributed by atoms with Gasteiger partial charge < -0.3 is 15.7 Å². The van der Waals surface area contributed by atoms with E-state index in [-0.39, 0.29) is 18.6 Å². The van der Waals surface area contributed by atoms with Crippen LogP contribution >= 0.6 is 0 Å². The van der Waals surface area contributed by atoms with Crippen molar-refractivity contribution in [3.05, 3.63) is 0 Å². The smallest absolute Gasteiger partial charge is 0.226 e. The topological polar surface area (TPSA) is 66.6 Å². The van der Waals surface area contributed by atoms with Gasteiger partial charge in [0.1, 0.15) is 0 Å². The average molecular weight is 268 g/mol. The fourth-order valence-electron chi connectivity index (χ4n) is 3.50. The minimum atomic E-state index is 0.109. The van der Waals surface area contributed by atoms with Crippen molar-refractivity contribution < 1.29 is 9.90 Å². The maximum absolute atomic E-state index is 12.7. The minimum absolute atomic E-state index is 0.109. The van der Waals surface area contributed by atoms with Crippen LogP contribution in [0.4, 0.5) is 0 Å². The lowest BCUT2D eigenvalue weighted by molar-refractivity contribution is -0.141. The van der Waals surface area contributed by atoms with E-state index in [1.807, 2.05) is 4.90 Å². The summed E-state index contributed by atoms with van der Waals surface area (Å²) < 4.78 is 0. The van der Waals surface area contributed by atoms with E-state index in [9.17, 15) is 4.79 Å². The Hall–Kier alpha value is -0.610. The molecule has 4 heteroatoms. The number of amides is 1. The molecule has 0 spiro atoms. The van der Waals surface area contributed by atoms with Gasteiger partial charge in [0, 0.05) is 31.2 Å². The monoisotopic (exact) mass is 268 g/mol. The Balaban J connectivity index is 1.96. The summed E-state index contributed by atoms with van der Waals surface area (Å²) in [7, 11) is 0. The standard InChI is InChI=1S/C15H28N2O2/c1-11-8-12(10-13(16)9-11)15(19)17(6-3-7-18)14-4-2-5-14/h11-14,18H,2-10,16H2,1H3. The molecule has 2 rings (SSSR count). The average Bonchev–Trinajstić information content (AvgIpc) is 2.29. The third-order valence-electron chi connectivity index (χ3n) is 4.68. The summed E-state index contributed by atoms with van der Waals surface area (Å²) in [4.78, 5) is 14.8. The summed E-state index contributed by atoms with van der Waals surface area (Å²) in [6.07, 6.45) is 7.05. The van der Waals surface area contributed by atoms with Crippen molar-refractivity contribution in [2.45, 2.75) is 64.0 Å². The van der Waals surface area contributed by atoms with Crippen molar-refractivity contribution >= 4 is 5.91 Å². The molecule has 0 aromatic carbocycles. The Morgan fingerprint density at radius 3 is 2.58 bits per heavy atom. The molecule has 2 saturated carbocycles. The quantitative estimate of drug-likeness (QED) is 0.794. The van der Waals surface area contributed by atoms with Crippen LogP contribution in [0.1, 0.15) is 51.9 Å². The lowest BCUT2D eigenvalue weighted by atomic mass is 9.78. The number of nitrogens with two attached hydrogens (primary N) is 1. The number of aliphatic hydroxyl groups excluding tert-OH is 1. The second-order valence-corrected chi connectivity index (χ2v) is 6.46. The molecule has 3 atom stereocenters. The molecule has 1 amide bonds. The molecule has 2 aliphatic carbocycles. The normalized spacial score (nSPS) is 31.8. The van der Waals surface area contributed by atoms with E-state index in [4.69, 9.17) is 10.8 Å². The van der Waals surface area contributed by atoms with Gasteiger partial charge in [0.05, 0.1) is 0 Å². The zero-order valence-corrected chi connectivity index (χ0v) is 12.1. The molecule has 0 saturated heterocycles. The number of rotatable bonds is 5. The highest BCUT2D eigenvalue weighted by molar-refractivity contribution is 5.79. The van der Waals surface area contributed by atoms with Crippen molar-refractivity contribution in [2.75, 3.05) is 13.2 Å². The van der Waals surface area contributed by atoms with Crippen LogP contribution in [-0.2, 0) is 4.79 Å². The van der Waals surface area contributed by atoms with E-state index in [0.29, 0.717) is 30.8 Å². The van der Waals surface area contributed by atoms with Crippen LogP contribution in [0.25, 0.3) is 0 Å². The Morgan fingerprint density at radius 1 is 1.32 bits per heavy atom. The van der Waals surface area contributed by atoms with E-state index in [2.05, 4.69) is 6.92 Å². The largest absolute Gasteiger partial charge is 0.396 e. The van der Waals surface area contributed by atoms with E-state index in [0.717, 1.165) is 32.1 Å². The molecule has 3 N–H and O–H groups in total. The van der Waals surface area contributed by atoms with Gasteiger partial charge in [-0.05, 0) is 50.9 Å². The van der Waals surface area contributed by atoms with Crippen LogP contribution in [-0.4, -0.2) is 41.1 Å².